The third kappa shape index (κ3) is 18.9. The number of alkyl carbamates (subject to hydrolysis) is 1. The molecule has 14 heteroatoms. The number of nitrogens with zero attached hydrogens (tertiary/aromatic N) is 1. The lowest BCUT2D eigenvalue weighted by Crippen LogP contribution is -2.51. The lowest BCUT2D eigenvalue weighted by Gasteiger charge is -2.29. The van der Waals surface area contributed by atoms with Crippen LogP contribution in [-0.4, -0.2) is 112 Å². The molecule has 0 fully saturated rings. The number of ether oxygens (including phenoxy) is 4. The Morgan fingerprint density at radius 3 is 2.11 bits per heavy atom. The molecule has 0 aliphatic carbocycles. The number of carbonyl (C=O) groups is 5. The van der Waals surface area contributed by atoms with E-state index >= 15 is 0 Å². The summed E-state index contributed by atoms with van der Waals surface area (Å²) < 4.78 is 21.6. The summed E-state index contributed by atoms with van der Waals surface area (Å²) in [6.07, 6.45) is 3.82. The number of rotatable bonds is 21. The van der Waals surface area contributed by atoms with Gasteiger partial charge in [0, 0.05) is 34.6 Å². The van der Waals surface area contributed by atoms with Crippen molar-refractivity contribution in [3.8, 4) is 0 Å². The van der Waals surface area contributed by atoms with Crippen molar-refractivity contribution < 1.29 is 48.0 Å². The number of methoxy groups -OCH3 is 2. The van der Waals surface area contributed by atoms with Crippen LogP contribution >= 0.6 is 0 Å². The second-order valence-corrected chi connectivity index (χ2v) is 22.0. The first-order valence-corrected chi connectivity index (χ1v) is 22.6. The Morgan fingerprint density at radius 1 is 0.964 bits per heavy atom. The van der Waals surface area contributed by atoms with Crippen LogP contribution in [0.25, 0.3) is 0 Å². The smallest absolute Gasteiger partial charge is 0.408 e. The van der Waals surface area contributed by atoms with Gasteiger partial charge in [-0.2, -0.15) is 0 Å². The van der Waals surface area contributed by atoms with Gasteiger partial charge in [0.2, 0.25) is 11.8 Å². The van der Waals surface area contributed by atoms with Gasteiger partial charge in [0.25, 0.3) is 0 Å². The number of aliphatic hydroxyl groups is 1. The summed E-state index contributed by atoms with van der Waals surface area (Å²) in [5.41, 5.74) is 1.23. The van der Waals surface area contributed by atoms with E-state index in [1.54, 1.807) is 47.0 Å². The van der Waals surface area contributed by atoms with Gasteiger partial charge in [-0.1, -0.05) is 87.6 Å². The van der Waals surface area contributed by atoms with Gasteiger partial charge in [-0.05, 0) is 59.1 Å². The van der Waals surface area contributed by atoms with E-state index in [9.17, 15) is 29.1 Å². The van der Waals surface area contributed by atoms with Crippen LogP contribution in [-0.2, 0) is 44.5 Å². The van der Waals surface area contributed by atoms with Crippen LogP contribution in [0.5, 0.6) is 0 Å². The Hall–Kier alpha value is -4.01. The highest BCUT2D eigenvalue weighted by Gasteiger charge is 2.35. The number of hydrogen-bond donors (Lipinski definition) is 3. The first kappa shape index (κ1) is 49.0. The molecule has 1 aromatic rings. The Bertz CT molecular complexity index is 1450. The van der Waals surface area contributed by atoms with E-state index in [4.69, 9.17) is 18.9 Å². The number of nitrogens with one attached hydrogen (secondary N) is 2. The molecule has 7 atom stereocenters. The van der Waals surface area contributed by atoms with E-state index in [0.29, 0.717) is 0 Å². The molecular weight excluding hydrogens is 723 g/mol. The molecule has 0 spiro atoms. The summed E-state index contributed by atoms with van der Waals surface area (Å²) in [4.78, 5) is 66.6. The largest absolute Gasteiger partial charge is 0.467 e. The van der Waals surface area contributed by atoms with Crippen LogP contribution in [0.15, 0.2) is 54.1 Å². The lowest BCUT2D eigenvalue weighted by molar-refractivity contribution is -0.158. The summed E-state index contributed by atoms with van der Waals surface area (Å²) in [6, 6.07) is 7.44. The first-order chi connectivity index (χ1) is 25.5. The van der Waals surface area contributed by atoms with Gasteiger partial charge < -0.3 is 39.6 Å². The summed E-state index contributed by atoms with van der Waals surface area (Å²) in [7, 11) is 2.73. The maximum atomic E-state index is 13.7. The molecule has 1 aromatic carbocycles. The van der Waals surface area contributed by atoms with Crippen molar-refractivity contribution in [3.05, 3.63) is 59.7 Å². The van der Waals surface area contributed by atoms with E-state index in [0.717, 1.165) is 28.5 Å². The minimum Gasteiger partial charge on any atom is -0.467 e. The molecule has 0 radical (unpaired) electrons. The van der Waals surface area contributed by atoms with Crippen LogP contribution in [0.3, 0.4) is 0 Å². The molecular formula is C41H67N3O10Si. The standard InChI is InChI=1S/C41H67N3O10Si/c1-27(25-28(2)34(51-9)26-31-17-15-14-16-18-31)19-20-32(43-40(50)54-41(5,6)7)29(3)37(47)42-33(38(48)52-10)21-22-35(46)44(8)36(30(4)45)39(49)53-23-24-55(11,12)13/h14-20,25,28-30,32-34,36,45H,21-24,26H2,1-13H3,(H,42,47)(H,43,50)/b20-19+,27-25+/t28-,29-,30?,32-,33+,34-,36-/m0/s1. The fourth-order valence-electron chi connectivity index (χ4n) is 5.63. The summed E-state index contributed by atoms with van der Waals surface area (Å²) in [5, 5.41) is 15.8. The van der Waals surface area contributed by atoms with Crippen molar-refractivity contribution in [2.75, 3.05) is 27.9 Å². The molecule has 3 N–H and O–H groups in total. The van der Waals surface area contributed by atoms with Crippen LogP contribution in [0.1, 0.15) is 66.9 Å². The van der Waals surface area contributed by atoms with Crippen LogP contribution < -0.4 is 10.6 Å². The molecule has 1 rings (SSSR count). The number of likely N-dealkylation sites (N-methyl/N-ethyl adjacent to an activating group) is 1. The predicted molar refractivity (Wildman–Crippen MR) is 216 cm³/mol. The average Bonchev–Trinajstić information content (AvgIpc) is 3.08. The van der Waals surface area contributed by atoms with Crippen molar-refractivity contribution in [2.24, 2.45) is 11.8 Å². The molecule has 13 nitrogen and oxygen atoms in total. The average molecular weight is 790 g/mol. The van der Waals surface area contributed by atoms with Crippen molar-refractivity contribution in [1.29, 1.82) is 0 Å². The van der Waals surface area contributed by atoms with Gasteiger partial charge in [0.1, 0.15) is 11.6 Å². The van der Waals surface area contributed by atoms with Crippen molar-refractivity contribution >= 4 is 37.9 Å². The Kier molecular flexibility index (Phi) is 20.6. The SMILES string of the molecule is COC(=O)[C@@H](CCC(=O)N(C)[C@H](C(=O)OCC[Si](C)(C)C)C(C)O)NC(=O)[C@@H](C)[C@H](/C=C/C(C)=C/[C@H](C)[C@H](Cc1ccccc1)OC)NC(=O)OC(C)(C)C. The molecule has 0 aromatic heterocycles. The highest BCUT2D eigenvalue weighted by Crippen LogP contribution is 2.19. The van der Waals surface area contributed by atoms with Crippen molar-refractivity contribution in [3.63, 3.8) is 0 Å². The van der Waals surface area contributed by atoms with E-state index in [1.807, 2.05) is 25.1 Å². The highest BCUT2D eigenvalue weighted by atomic mass is 28.3. The highest BCUT2D eigenvalue weighted by molar-refractivity contribution is 6.76. The van der Waals surface area contributed by atoms with Gasteiger partial charge in [-0.3, -0.25) is 9.59 Å². The van der Waals surface area contributed by atoms with Gasteiger partial charge in [0.05, 0.1) is 37.9 Å². The summed E-state index contributed by atoms with van der Waals surface area (Å²) >= 11 is 0. The quantitative estimate of drug-likeness (QED) is 0.0631. The van der Waals surface area contributed by atoms with Crippen LogP contribution in [0.4, 0.5) is 4.79 Å². The minimum absolute atomic E-state index is 0.0342. The Labute approximate surface area is 329 Å². The zero-order valence-corrected chi connectivity index (χ0v) is 36.3. The van der Waals surface area contributed by atoms with Crippen LogP contribution in [0, 0.1) is 11.8 Å². The van der Waals surface area contributed by atoms with E-state index < -0.39 is 73.7 Å². The molecule has 0 aliphatic heterocycles. The molecule has 1 unspecified atom stereocenters. The number of hydrogen-bond acceptors (Lipinski definition) is 10. The third-order valence-electron chi connectivity index (χ3n) is 8.95. The second-order valence-electron chi connectivity index (χ2n) is 16.3. The molecule has 0 bridgehead atoms. The van der Waals surface area contributed by atoms with Gasteiger partial charge in [-0.15, -0.1) is 0 Å². The lowest BCUT2D eigenvalue weighted by atomic mass is 9.94. The van der Waals surface area contributed by atoms with E-state index in [1.165, 1.54) is 21.1 Å². The van der Waals surface area contributed by atoms with Gasteiger partial charge in [-0.25, -0.2) is 14.4 Å². The fourth-order valence-corrected chi connectivity index (χ4v) is 6.34. The topological polar surface area (TPSA) is 170 Å². The maximum Gasteiger partial charge on any atom is 0.408 e. The van der Waals surface area contributed by atoms with E-state index in [2.05, 4.69) is 55.4 Å². The first-order valence-electron chi connectivity index (χ1n) is 18.9. The molecule has 310 valence electrons. The number of carbonyl (C=O) groups excluding carboxylic acids is 5. The molecule has 3 amide bonds. The molecule has 0 saturated heterocycles. The van der Waals surface area contributed by atoms with E-state index in [-0.39, 0.29) is 31.5 Å². The van der Waals surface area contributed by atoms with Crippen molar-refractivity contribution in [1.82, 2.24) is 15.5 Å². The molecule has 55 heavy (non-hydrogen) atoms. The second kappa shape index (κ2) is 23.1. The Morgan fingerprint density at radius 2 is 1.58 bits per heavy atom. The predicted octanol–water partition coefficient (Wildman–Crippen LogP) is 5.44. The zero-order valence-electron chi connectivity index (χ0n) is 35.3. The number of allylic oxidation sites excluding steroid dienone is 2. The van der Waals surface area contributed by atoms with Gasteiger partial charge in [0.15, 0.2) is 6.04 Å². The summed E-state index contributed by atoms with van der Waals surface area (Å²) in [6.45, 7) is 18.7. The number of benzene rings is 1. The van der Waals surface area contributed by atoms with Crippen molar-refractivity contribution in [2.45, 2.75) is 129 Å². The third-order valence-corrected chi connectivity index (χ3v) is 10.7. The Balaban J connectivity index is 3.17. The van der Waals surface area contributed by atoms with Gasteiger partial charge >= 0.3 is 18.0 Å². The van der Waals surface area contributed by atoms with Crippen LogP contribution in [0.2, 0.25) is 25.7 Å². The fraction of sp³-hybridized carbons (Fsp3) is 0.634. The zero-order chi connectivity index (χ0) is 42.1. The normalized spacial score (nSPS) is 16.1. The molecule has 0 heterocycles. The number of aliphatic hydroxyl groups excluding tert-OH is 1. The molecule has 0 aliphatic rings. The summed E-state index contributed by atoms with van der Waals surface area (Å²) in [5.74, 6) is -3.52. The number of esters is 2. The maximum absolute atomic E-state index is 13.7. The molecule has 0 saturated carbocycles. The minimum atomic E-state index is -1.49. The monoisotopic (exact) mass is 789 g/mol. The number of amides is 3.